The van der Waals surface area contributed by atoms with Gasteiger partial charge >= 0.3 is 11.9 Å². The van der Waals surface area contributed by atoms with Gasteiger partial charge in [-0.05, 0) is 61.8 Å². The normalized spacial score (nSPS) is 17.3. The van der Waals surface area contributed by atoms with E-state index in [2.05, 4.69) is 0 Å². The molecular formula is C20H25NO5. The van der Waals surface area contributed by atoms with Crippen LogP contribution in [0.25, 0.3) is 0 Å². The molecule has 0 unspecified atom stereocenters. The summed E-state index contributed by atoms with van der Waals surface area (Å²) in [6.45, 7) is 0.697. The molecule has 1 heterocycles. The number of hydrogen-bond donors (Lipinski definition) is 0. The maximum atomic E-state index is 12.2. The molecular weight excluding hydrogens is 334 g/mol. The van der Waals surface area contributed by atoms with Crippen molar-refractivity contribution in [2.45, 2.75) is 38.5 Å². The van der Waals surface area contributed by atoms with Crippen LogP contribution in [0.1, 0.15) is 47.2 Å². The van der Waals surface area contributed by atoms with E-state index in [0.717, 1.165) is 19.3 Å². The van der Waals surface area contributed by atoms with Crippen LogP contribution < -0.4 is 0 Å². The number of ether oxygens (including phenoxy) is 2. The molecule has 6 nitrogen and oxygen atoms in total. The second-order valence-corrected chi connectivity index (χ2v) is 6.94. The molecule has 0 atom stereocenters. The first-order valence-electron chi connectivity index (χ1n) is 9.23. The van der Waals surface area contributed by atoms with Gasteiger partial charge in [-0.3, -0.25) is 9.59 Å². The number of benzene rings is 1. The fourth-order valence-corrected chi connectivity index (χ4v) is 3.69. The first-order chi connectivity index (χ1) is 12.6. The lowest BCUT2D eigenvalue weighted by atomic mass is 9.90. The minimum absolute atomic E-state index is 0.151. The predicted molar refractivity (Wildman–Crippen MR) is 94.7 cm³/mol. The van der Waals surface area contributed by atoms with Gasteiger partial charge in [-0.15, -0.1) is 0 Å². The van der Waals surface area contributed by atoms with Crippen molar-refractivity contribution >= 4 is 17.8 Å². The Hall–Kier alpha value is -2.37. The number of carbonyl (C=O) groups is 3. The molecule has 0 aromatic heterocycles. The highest BCUT2D eigenvalue weighted by atomic mass is 16.5. The largest absolute Gasteiger partial charge is 0.469 e. The molecule has 1 aliphatic carbocycles. The van der Waals surface area contributed by atoms with Crippen molar-refractivity contribution in [2.75, 3.05) is 26.8 Å². The highest BCUT2D eigenvalue weighted by molar-refractivity contribution is 5.91. The zero-order chi connectivity index (χ0) is 18.5. The Balaban J connectivity index is 1.49. The highest BCUT2D eigenvalue weighted by Crippen LogP contribution is 2.23. The van der Waals surface area contributed by atoms with Gasteiger partial charge in [0.2, 0.25) is 0 Å². The number of nitrogens with zero attached hydrogens (tertiary/aromatic N) is 1. The van der Waals surface area contributed by atoms with Gasteiger partial charge in [-0.1, -0.05) is 6.07 Å². The highest BCUT2D eigenvalue weighted by Gasteiger charge is 2.28. The van der Waals surface area contributed by atoms with Crippen LogP contribution in [-0.4, -0.2) is 49.6 Å². The average molecular weight is 359 g/mol. The van der Waals surface area contributed by atoms with Crippen LogP contribution in [0.2, 0.25) is 0 Å². The average Bonchev–Trinajstić information content (AvgIpc) is 2.70. The fraction of sp³-hybridized carbons (Fsp3) is 0.550. The number of amides is 1. The maximum absolute atomic E-state index is 12.2. The Kier molecular flexibility index (Phi) is 5.91. The summed E-state index contributed by atoms with van der Waals surface area (Å²) in [5, 5.41) is 0. The van der Waals surface area contributed by atoms with Crippen molar-refractivity contribution in [2.24, 2.45) is 5.92 Å². The van der Waals surface area contributed by atoms with E-state index in [1.165, 1.54) is 24.7 Å². The molecule has 6 heteroatoms. The molecule has 0 spiro atoms. The number of esters is 2. The van der Waals surface area contributed by atoms with Gasteiger partial charge in [0.15, 0.2) is 6.61 Å². The predicted octanol–water partition coefficient (Wildman–Crippen LogP) is 2.13. The second kappa shape index (κ2) is 8.34. The quantitative estimate of drug-likeness (QED) is 0.770. The number of aryl methyl sites for hydroxylation is 2. The van der Waals surface area contributed by atoms with Crippen molar-refractivity contribution in [1.29, 1.82) is 0 Å². The number of carbonyl (C=O) groups excluding carboxylic acids is 3. The lowest BCUT2D eigenvalue weighted by Crippen LogP contribution is -2.42. The third-order valence-corrected chi connectivity index (χ3v) is 5.29. The molecule has 0 saturated carbocycles. The maximum Gasteiger partial charge on any atom is 0.338 e. The van der Waals surface area contributed by atoms with E-state index in [1.807, 2.05) is 12.1 Å². The number of hydrogen-bond acceptors (Lipinski definition) is 5. The molecule has 0 radical (unpaired) electrons. The number of likely N-dealkylation sites (tertiary alicyclic amines) is 1. The van der Waals surface area contributed by atoms with Gasteiger partial charge < -0.3 is 14.4 Å². The number of rotatable bonds is 4. The zero-order valence-electron chi connectivity index (χ0n) is 15.2. The lowest BCUT2D eigenvalue weighted by Gasteiger charge is -2.30. The fourth-order valence-electron chi connectivity index (χ4n) is 3.69. The van der Waals surface area contributed by atoms with E-state index >= 15 is 0 Å². The summed E-state index contributed by atoms with van der Waals surface area (Å²) in [7, 11) is 1.38. The van der Waals surface area contributed by atoms with E-state index in [0.29, 0.717) is 31.5 Å². The molecule has 0 N–H and O–H groups in total. The smallest absolute Gasteiger partial charge is 0.338 e. The van der Waals surface area contributed by atoms with Crippen LogP contribution in [-0.2, 0) is 31.9 Å². The monoisotopic (exact) mass is 359 g/mol. The Morgan fingerprint density at radius 1 is 1.08 bits per heavy atom. The Bertz CT molecular complexity index is 691. The summed E-state index contributed by atoms with van der Waals surface area (Å²) in [6.07, 6.45) is 5.55. The van der Waals surface area contributed by atoms with Crippen molar-refractivity contribution < 1.29 is 23.9 Å². The van der Waals surface area contributed by atoms with Gasteiger partial charge in [0, 0.05) is 13.1 Å². The van der Waals surface area contributed by atoms with Gasteiger partial charge in [0.1, 0.15) is 0 Å². The summed E-state index contributed by atoms with van der Waals surface area (Å²) in [6, 6.07) is 5.66. The molecule has 2 aliphatic rings. The van der Waals surface area contributed by atoms with Crippen LogP contribution in [0.15, 0.2) is 18.2 Å². The number of fused-ring (bicyclic) bond motifs is 1. The Labute approximate surface area is 153 Å². The number of piperidine rings is 1. The van der Waals surface area contributed by atoms with Gasteiger partial charge in [-0.25, -0.2) is 4.79 Å². The first-order valence-corrected chi connectivity index (χ1v) is 9.23. The molecule has 0 bridgehead atoms. The van der Waals surface area contributed by atoms with Crippen molar-refractivity contribution in [3.05, 3.63) is 34.9 Å². The molecule has 1 saturated heterocycles. The van der Waals surface area contributed by atoms with Crippen LogP contribution >= 0.6 is 0 Å². The summed E-state index contributed by atoms with van der Waals surface area (Å²) < 4.78 is 9.95. The van der Waals surface area contributed by atoms with Gasteiger partial charge in [0.25, 0.3) is 5.91 Å². The third-order valence-electron chi connectivity index (χ3n) is 5.29. The minimum Gasteiger partial charge on any atom is -0.469 e. The van der Waals surface area contributed by atoms with Crippen molar-refractivity contribution in [3.8, 4) is 0 Å². The summed E-state index contributed by atoms with van der Waals surface area (Å²) in [4.78, 5) is 37.6. The first kappa shape index (κ1) is 18.4. The summed E-state index contributed by atoms with van der Waals surface area (Å²) >= 11 is 0. The number of methoxy groups -OCH3 is 1. The standard InChI is InChI=1S/C20H25NO5/c1-25-19(23)15-8-10-21(11-9-15)18(22)13-26-20(24)17-7-6-14-4-2-3-5-16(14)12-17/h6-7,12,15H,2-5,8-11,13H2,1H3. The molecule has 3 rings (SSSR count). The SMILES string of the molecule is COC(=O)C1CCN(C(=O)COC(=O)c2ccc3c(c2)CCCC3)CC1. The molecule has 1 aliphatic heterocycles. The van der Waals surface area contributed by atoms with Gasteiger partial charge in [0.05, 0.1) is 18.6 Å². The Morgan fingerprint density at radius 2 is 1.77 bits per heavy atom. The summed E-state index contributed by atoms with van der Waals surface area (Å²) in [5.41, 5.74) is 3.02. The van der Waals surface area contributed by atoms with Crippen LogP contribution in [0.5, 0.6) is 0 Å². The third kappa shape index (κ3) is 4.23. The van der Waals surface area contributed by atoms with Crippen LogP contribution in [0.3, 0.4) is 0 Å². The molecule has 1 amide bonds. The van der Waals surface area contributed by atoms with E-state index in [1.54, 1.807) is 11.0 Å². The van der Waals surface area contributed by atoms with Gasteiger partial charge in [-0.2, -0.15) is 0 Å². The van der Waals surface area contributed by atoms with E-state index in [4.69, 9.17) is 9.47 Å². The Morgan fingerprint density at radius 3 is 2.46 bits per heavy atom. The van der Waals surface area contributed by atoms with Crippen LogP contribution in [0, 0.1) is 5.92 Å². The molecule has 26 heavy (non-hydrogen) atoms. The summed E-state index contributed by atoms with van der Waals surface area (Å²) in [5.74, 6) is -1.06. The molecule has 1 fully saturated rings. The van der Waals surface area contributed by atoms with E-state index < -0.39 is 5.97 Å². The van der Waals surface area contributed by atoms with E-state index in [-0.39, 0.29) is 24.4 Å². The topological polar surface area (TPSA) is 72.9 Å². The molecule has 1 aromatic rings. The van der Waals surface area contributed by atoms with Crippen LogP contribution in [0.4, 0.5) is 0 Å². The lowest BCUT2D eigenvalue weighted by molar-refractivity contribution is -0.149. The molecule has 1 aromatic carbocycles. The zero-order valence-corrected chi connectivity index (χ0v) is 15.2. The minimum atomic E-state index is -0.462. The van der Waals surface area contributed by atoms with Crippen molar-refractivity contribution in [3.63, 3.8) is 0 Å². The van der Waals surface area contributed by atoms with E-state index in [9.17, 15) is 14.4 Å². The second-order valence-electron chi connectivity index (χ2n) is 6.94. The van der Waals surface area contributed by atoms with Crippen molar-refractivity contribution in [1.82, 2.24) is 4.90 Å². The molecule has 140 valence electrons.